The van der Waals surface area contributed by atoms with Gasteiger partial charge in [0.15, 0.2) is 24.6 Å². The van der Waals surface area contributed by atoms with E-state index < -0.39 is 48.1 Å². The van der Waals surface area contributed by atoms with Gasteiger partial charge in [0.05, 0.1) is 35.0 Å². The van der Waals surface area contributed by atoms with Crippen LogP contribution in [0.2, 0.25) is 0 Å². The normalized spacial score (nSPS) is 37.0. The molecule has 12 atom stereocenters. The van der Waals surface area contributed by atoms with Crippen molar-refractivity contribution < 1.29 is 52.7 Å². The number of hydrogen-bond donors (Lipinski definition) is 1. The van der Waals surface area contributed by atoms with Gasteiger partial charge in [0.1, 0.15) is 6.61 Å². The third-order valence-electron chi connectivity index (χ3n) is 15.4. The average molecular weight is 819 g/mol. The van der Waals surface area contributed by atoms with E-state index in [1.54, 1.807) is 91.0 Å². The molecule has 316 valence electrons. The van der Waals surface area contributed by atoms with E-state index in [-0.39, 0.29) is 52.5 Å². The number of ether oxygens (including phenoxy) is 6. The molecule has 9 rings (SSSR count). The van der Waals surface area contributed by atoms with Gasteiger partial charge in [-0.1, -0.05) is 68.4 Å². The summed E-state index contributed by atoms with van der Waals surface area (Å²) in [4.78, 5) is 53.6. The van der Waals surface area contributed by atoms with Crippen LogP contribution in [-0.4, -0.2) is 78.5 Å². The third kappa shape index (κ3) is 7.16. The summed E-state index contributed by atoms with van der Waals surface area (Å²) in [6.45, 7) is 4.75. The summed E-state index contributed by atoms with van der Waals surface area (Å²) < 4.78 is 36.8. The monoisotopic (exact) mass is 818 g/mol. The summed E-state index contributed by atoms with van der Waals surface area (Å²) in [5.74, 6) is -1.43. The maximum atomic E-state index is 13.8. The highest BCUT2D eigenvalue weighted by Crippen LogP contribution is 2.70. The number of carbonyl (C=O) groups excluding carboxylic acids is 4. The van der Waals surface area contributed by atoms with E-state index in [9.17, 15) is 24.3 Å². The van der Waals surface area contributed by atoms with Gasteiger partial charge in [-0.05, 0) is 129 Å². The van der Waals surface area contributed by atoms with Gasteiger partial charge in [0.25, 0.3) is 0 Å². The first-order valence-corrected chi connectivity index (χ1v) is 21.6. The van der Waals surface area contributed by atoms with Crippen molar-refractivity contribution in [3.8, 4) is 0 Å². The Hall–Kier alpha value is -4.84. The summed E-state index contributed by atoms with van der Waals surface area (Å²) in [5, 5.41) is 12.7. The van der Waals surface area contributed by atoms with Crippen LogP contribution in [0.15, 0.2) is 103 Å². The van der Waals surface area contributed by atoms with Crippen molar-refractivity contribution >= 4 is 23.9 Å². The van der Waals surface area contributed by atoms with E-state index >= 15 is 0 Å². The summed E-state index contributed by atoms with van der Waals surface area (Å²) in [5.41, 5.74) is 0.358. The van der Waals surface area contributed by atoms with Gasteiger partial charge in [0.2, 0.25) is 0 Å². The predicted octanol–water partition coefficient (Wildman–Crippen LogP) is 7.66. The van der Waals surface area contributed by atoms with E-state index in [1.807, 2.05) is 6.08 Å². The summed E-state index contributed by atoms with van der Waals surface area (Å²) >= 11 is 0. The van der Waals surface area contributed by atoms with Crippen LogP contribution in [0.4, 0.5) is 0 Å². The average Bonchev–Trinajstić information content (AvgIpc) is 3.81. The molecule has 11 heteroatoms. The molecule has 3 aromatic rings. The Morgan fingerprint density at radius 3 is 1.88 bits per heavy atom. The van der Waals surface area contributed by atoms with Crippen LogP contribution < -0.4 is 0 Å². The van der Waals surface area contributed by atoms with Gasteiger partial charge in [-0.25, -0.2) is 19.2 Å². The second kappa shape index (κ2) is 16.2. The summed E-state index contributed by atoms with van der Waals surface area (Å²) in [7, 11) is 0. The highest BCUT2D eigenvalue weighted by molar-refractivity contribution is 5.92. The molecule has 1 N–H and O–H groups in total. The van der Waals surface area contributed by atoms with Crippen molar-refractivity contribution in [3.05, 3.63) is 119 Å². The fourth-order valence-electron chi connectivity index (χ4n) is 12.2. The van der Waals surface area contributed by atoms with Crippen molar-refractivity contribution in [1.82, 2.24) is 0 Å². The lowest BCUT2D eigenvalue weighted by molar-refractivity contribution is -0.289. The molecule has 11 unspecified atom stereocenters. The van der Waals surface area contributed by atoms with E-state index in [2.05, 4.69) is 13.8 Å². The van der Waals surface area contributed by atoms with Gasteiger partial charge >= 0.3 is 23.9 Å². The van der Waals surface area contributed by atoms with Crippen LogP contribution in [0, 0.1) is 34.5 Å². The topological polar surface area (TPSA) is 144 Å². The lowest BCUT2D eigenvalue weighted by Crippen LogP contribution is -2.62. The zero-order valence-corrected chi connectivity index (χ0v) is 34.2. The molecular weight excluding hydrogens is 765 g/mol. The Labute approximate surface area is 350 Å². The van der Waals surface area contributed by atoms with E-state index in [4.69, 9.17) is 28.4 Å². The minimum atomic E-state index is -1.29. The zero-order chi connectivity index (χ0) is 41.6. The van der Waals surface area contributed by atoms with Crippen molar-refractivity contribution in [3.63, 3.8) is 0 Å². The molecule has 4 aliphatic carbocycles. The van der Waals surface area contributed by atoms with Gasteiger partial charge in [0, 0.05) is 11.0 Å². The molecule has 0 radical (unpaired) electrons. The zero-order valence-electron chi connectivity index (χ0n) is 34.2. The fraction of sp³-hybridized carbons (Fsp3) is 0.510. The molecule has 6 aliphatic rings. The molecule has 3 aromatic carbocycles. The Morgan fingerprint density at radius 2 is 1.28 bits per heavy atom. The number of cyclic esters (lactones) is 1. The SMILES string of the molecule is CC12CCC(OC3OCC(OC(=O)c4ccccc4)[C@@H](OC(=O)c4ccccc4)C3OC(=O)c3ccccc3)CC1CCC1C2CCC2(C)C(C3=CCOC3=O)CCC12O. The smallest absolute Gasteiger partial charge is 0.338 e. The number of esters is 4. The van der Waals surface area contributed by atoms with E-state index in [1.165, 1.54) is 0 Å². The number of aliphatic hydroxyl groups is 1. The predicted molar refractivity (Wildman–Crippen MR) is 217 cm³/mol. The van der Waals surface area contributed by atoms with Crippen molar-refractivity contribution in [2.75, 3.05) is 13.2 Å². The standard InChI is InChI=1S/C49H54O11/c1-47-24-20-34(28-33(47)18-19-38-37(47)21-25-48(2)36(22-26-49(38,48)54)35-23-27-55-45(35)53)57-46-41(60-44(52)32-16-10-5-11-17-32)40(59-43(51)31-14-8-4-9-15-31)39(29-56-46)58-42(50)30-12-6-3-7-13-30/h3-17,23,33-34,36-41,46,54H,18-22,24-29H2,1-2H3/t33?,34?,36?,37?,38?,39?,40-,41?,46?,47?,48?,49?/m1/s1. The largest absolute Gasteiger partial charge is 0.458 e. The van der Waals surface area contributed by atoms with Crippen molar-refractivity contribution in [2.24, 2.45) is 34.5 Å². The molecule has 0 aromatic heterocycles. The van der Waals surface area contributed by atoms with Crippen LogP contribution in [0.25, 0.3) is 0 Å². The Kier molecular flexibility index (Phi) is 11.0. The number of benzene rings is 3. The van der Waals surface area contributed by atoms with Gasteiger partial charge in [-0.2, -0.15) is 0 Å². The van der Waals surface area contributed by atoms with Crippen molar-refractivity contribution in [2.45, 2.75) is 108 Å². The first kappa shape index (κ1) is 40.6. The first-order valence-electron chi connectivity index (χ1n) is 21.6. The second-order valence-corrected chi connectivity index (χ2v) is 18.2. The second-order valence-electron chi connectivity index (χ2n) is 18.2. The van der Waals surface area contributed by atoms with E-state index in [0.29, 0.717) is 36.8 Å². The van der Waals surface area contributed by atoms with Crippen LogP contribution in [-0.2, 0) is 33.2 Å². The van der Waals surface area contributed by atoms with Gasteiger partial charge in [-0.3, -0.25) is 0 Å². The minimum Gasteiger partial charge on any atom is -0.458 e. The van der Waals surface area contributed by atoms with Crippen molar-refractivity contribution in [1.29, 1.82) is 0 Å². The quantitative estimate of drug-likeness (QED) is 0.129. The summed E-state index contributed by atoms with van der Waals surface area (Å²) in [6, 6.07) is 25.5. The molecule has 1 saturated heterocycles. The highest BCUT2D eigenvalue weighted by Gasteiger charge is 2.68. The molecule has 0 bridgehead atoms. The number of rotatable bonds is 9. The molecule has 11 nitrogen and oxygen atoms in total. The molecular formula is C49H54O11. The highest BCUT2D eigenvalue weighted by atomic mass is 16.7. The fourth-order valence-corrected chi connectivity index (χ4v) is 12.2. The van der Waals surface area contributed by atoms with Gasteiger partial charge < -0.3 is 33.5 Å². The number of hydrogen-bond acceptors (Lipinski definition) is 11. The Bertz CT molecular complexity index is 2110. The maximum Gasteiger partial charge on any atom is 0.338 e. The molecule has 4 saturated carbocycles. The first-order chi connectivity index (χ1) is 29.0. The maximum absolute atomic E-state index is 13.8. The van der Waals surface area contributed by atoms with Crippen LogP contribution in [0.5, 0.6) is 0 Å². The Balaban J connectivity index is 0.953. The van der Waals surface area contributed by atoms with E-state index in [0.717, 1.165) is 50.5 Å². The lowest BCUT2D eigenvalue weighted by Gasteiger charge is -2.63. The third-order valence-corrected chi connectivity index (χ3v) is 15.4. The molecule has 0 spiro atoms. The number of fused-ring (bicyclic) bond motifs is 5. The van der Waals surface area contributed by atoms with Gasteiger partial charge in [-0.15, -0.1) is 0 Å². The molecule has 5 fully saturated rings. The summed E-state index contributed by atoms with van der Waals surface area (Å²) in [6.07, 6.45) is 4.32. The van der Waals surface area contributed by atoms with Crippen LogP contribution in [0.1, 0.15) is 103 Å². The van der Waals surface area contributed by atoms with Crippen LogP contribution in [0.3, 0.4) is 0 Å². The molecule has 60 heavy (non-hydrogen) atoms. The minimum absolute atomic E-state index is 0.00444. The lowest BCUT2D eigenvalue weighted by atomic mass is 9.43. The number of carbonyl (C=O) groups is 4. The Morgan fingerprint density at radius 1 is 0.683 bits per heavy atom. The molecule has 2 heterocycles. The molecule has 2 aliphatic heterocycles. The van der Waals surface area contributed by atoms with Crippen LogP contribution >= 0.6 is 0 Å². The molecule has 0 amide bonds.